The van der Waals surface area contributed by atoms with Crippen molar-refractivity contribution in [1.82, 2.24) is 0 Å². The van der Waals surface area contributed by atoms with Crippen LogP contribution in [0.2, 0.25) is 0 Å². The van der Waals surface area contributed by atoms with Crippen LogP contribution in [0.15, 0.2) is 11.6 Å². The van der Waals surface area contributed by atoms with Gasteiger partial charge in [0.05, 0.1) is 18.3 Å². The molecule has 0 bridgehead atoms. The lowest BCUT2D eigenvalue weighted by molar-refractivity contribution is -0.169. The molecule has 9 heteroatoms. The molecule has 1 saturated heterocycles. The molecule has 0 aliphatic carbocycles. The standard InChI is InChI=1S/C13H22F3O5P/c1-18-22(17,19-2)9-5-6-11(13(14,15)16)10-21-12-7-3-4-8-20-12/h6,12H,3-5,7-10H2,1-2H3. The van der Waals surface area contributed by atoms with Gasteiger partial charge in [-0.05, 0) is 25.7 Å². The maximum Gasteiger partial charge on any atom is 0.414 e. The van der Waals surface area contributed by atoms with E-state index in [9.17, 15) is 17.7 Å². The number of rotatable bonds is 8. The molecule has 0 N–H and O–H groups in total. The zero-order valence-corrected chi connectivity index (χ0v) is 13.6. The van der Waals surface area contributed by atoms with Crippen molar-refractivity contribution >= 4 is 7.60 Å². The second kappa shape index (κ2) is 9.03. The lowest BCUT2D eigenvalue weighted by Gasteiger charge is -2.23. The average Bonchev–Trinajstić information content (AvgIpc) is 2.50. The highest BCUT2D eigenvalue weighted by molar-refractivity contribution is 7.53. The van der Waals surface area contributed by atoms with E-state index >= 15 is 0 Å². The number of ether oxygens (including phenoxy) is 2. The largest absolute Gasteiger partial charge is 0.414 e. The van der Waals surface area contributed by atoms with Gasteiger partial charge in [0.15, 0.2) is 6.29 Å². The summed E-state index contributed by atoms with van der Waals surface area (Å²) in [5.41, 5.74) is -0.819. The SMILES string of the molecule is COP(=O)(CCC=C(COC1CCCCO1)C(F)(F)F)OC. The summed E-state index contributed by atoms with van der Waals surface area (Å²) in [6.07, 6.45) is -1.97. The van der Waals surface area contributed by atoms with Crippen LogP contribution in [0.25, 0.3) is 0 Å². The Balaban J connectivity index is 2.56. The molecule has 0 aromatic carbocycles. The van der Waals surface area contributed by atoms with Gasteiger partial charge in [-0.25, -0.2) is 0 Å². The van der Waals surface area contributed by atoms with E-state index < -0.39 is 32.2 Å². The number of allylic oxidation sites excluding steroid dienone is 1. The molecular weight excluding hydrogens is 324 g/mol. The quantitative estimate of drug-likeness (QED) is 0.493. The van der Waals surface area contributed by atoms with Gasteiger partial charge in [-0.15, -0.1) is 0 Å². The summed E-state index contributed by atoms with van der Waals surface area (Å²) in [5, 5.41) is 0. The Morgan fingerprint density at radius 2 is 2.00 bits per heavy atom. The molecule has 130 valence electrons. The summed E-state index contributed by atoms with van der Waals surface area (Å²) in [7, 11) is -0.919. The minimum atomic E-state index is -4.50. The second-order valence-corrected chi connectivity index (χ2v) is 7.22. The first-order valence-corrected chi connectivity index (χ1v) is 8.73. The van der Waals surface area contributed by atoms with E-state index in [-0.39, 0.29) is 12.6 Å². The molecule has 0 aromatic heterocycles. The molecule has 0 amide bonds. The van der Waals surface area contributed by atoms with Gasteiger partial charge in [0.2, 0.25) is 0 Å². The Bertz CT molecular complexity index is 397. The smallest absolute Gasteiger partial charge is 0.353 e. The predicted octanol–water partition coefficient (Wildman–Crippen LogP) is 3.89. The first-order chi connectivity index (χ1) is 10.3. The predicted molar refractivity (Wildman–Crippen MR) is 74.8 cm³/mol. The van der Waals surface area contributed by atoms with Crippen molar-refractivity contribution in [2.24, 2.45) is 0 Å². The maximum atomic E-state index is 12.9. The molecule has 1 aliphatic rings. The topological polar surface area (TPSA) is 54.0 Å². The van der Waals surface area contributed by atoms with Gasteiger partial charge in [-0.2, -0.15) is 13.2 Å². The third-order valence-electron chi connectivity index (χ3n) is 3.28. The minimum Gasteiger partial charge on any atom is -0.353 e. The van der Waals surface area contributed by atoms with Crippen LogP contribution in [0, 0.1) is 0 Å². The van der Waals surface area contributed by atoms with Crippen molar-refractivity contribution in [3.05, 3.63) is 11.6 Å². The highest BCUT2D eigenvalue weighted by atomic mass is 31.2. The first kappa shape index (κ1) is 19.6. The molecular formula is C13H22F3O5P. The molecule has 0 radical (unpaired) electrons. The highest BCUT2D eigenvalue weighted by Crippen LogP contribution is 2.47. The van der Waals surface area contributed by atoms with Crippen LogP contribution in [0.4, 0.5) is 13.2 Å². The van der Waals surface area contributed by atoms with Gasteiger partial charge in [-0.3, -0.25) is 4.57 Å². The van der Waals surface area contributed by atoms with Crippen molar-refractivity contribution in [2.75, 3.05) is 33.6 Å². The van der Waals surface area contributed by atoms with Crippen LogP contribution in [-0.2, 0) is 23.1 Å². The van der Waals surface area contributed by atoms with Gasteiger partial charge in [0, 0.05) is 20.8 Å². The monoisotopic (exact) mass is 346 g/mol. The lowest BCUT2D eigenvalue weighted by Crippen LogP contribution is -2.26. The normalized spacial score (nSPS) is 21.1. The van der Waals surface area contributed by atoms with Crippen LogP contribution < -0.4 is 0 Å². The zero-order valence-electron chi connectivity index (χ0n) is 12.7. The van der Waals surface area contributed by atoms with E-state index in [0.717, 1.165) is 18.9 Å². The molecule has 1 aliphatic heterocycles. The number of hydrogen-bond acceptors (Lipinski definition) is 5. The van der Waals surface area contributed by atoms with Crippen LogP contribution in [0.1, 0.15) is 25.7 Å². The molecule has 5 nitrogen and oxygen atoms in total. The van der Waals surface area contributed by atoms with Gasteiger partial charge in [0.25, 0.3) is 0 Å². The van der Waals surface area contributed by atoms with Gasteiger partial charge < -0.3 is 18.5 Å². The van der Waals surface area contributed by atoms with Gasteiger partial charge in [0.1, 0.15) is 0 Å². The lowest BCUT2D eigenvalue weighted by atomic mass is 10.2. The van der Waals surface area contributed by atoms with E-state index in [2.05, 4.69) is 9.05 Å². The molecule has 0 spiro atoms. The Labute approximate surface area is 128 Å². The van der Waals surface area contributed by atoms with Crippen molar-refractivity contribution < 1.29 is 36.3 Å². The number of hydrogen-bond donors (Lipinski definition) is 0. The van der Waals surface area contributed by atoms with Crippen molar-refractivity contribution in [2.45, 2.75) is 38.1 Å². The Hall–Kier alpha value is -0.400. The highest BCUT2D eigenvalue weighted by Gasteiger charge is 2.34. The molecule has 1 fully saturated rings. The summed E-state index contributed by atoms with van der Waals surface area (Å²) in [4.78, 5) is 0. The molecule has 1 heterocycles. The summed E-state index contributed by atoms with van der Waals surface area (Å²) in [5.74, 6) is 0. The molecule has 22 heavy (non-hydrogen) atoms. The fourth-order valence-corrected chi connectivity index (χ4v) is 2.90. The first-order valence-electron chi connectivity index (χ1n) is 7.00. The molecule has 1 atom stereocenters. The second-order valence-electron chi connectivity index (χ2n) is 4.82. The Morgan fingerprint density at radius 3 is 2.50 bits per heavy atom. The Morgan fingerprint density at radius 1 is 1.32 bits per heavy atom. The van der Waals surface area contributed by atoms with Gasteiger partial charge in [-0.1, -0.05) is 6.08 Å². The molecule has 0 aromatic rings. The summed E-state index contributed by atoms with van der Waals surface area (Å²) < 4.78 is 70.4. The minimum absolute atomic E-state index is 0.0807. The molecule has 0 saturated carbocycles. The number of halogens is 3. The van der Waals surface area contributed by atoms with E-state index in [1.807, 2.05) is 0 Å². The molecule has 1 unspecified atom stereocenters. The number of alkyl halides is 3. The van der Waals surface area contributed by atoms with E-state index in [4.69, 9.17) is 9.47 Å². The van der Waals surface area contributed by atoms with Crippen LogP contribution >= 0.6 is 7.60 Å². The Kier molecular flexibility index (Phi) is 8.07. The third-order valence-corrected chi connectivity index (χ3v) is 5.20. The summed E-state index contributed by atoms with van der Waals surface area (Å²) in [6.45, 7) is -0.0843. The van der Waals surface area contributed by atoms with Crippen LogP contribution in [0.5, 0.6) is 0 Å². The molecule has 1 rings (SSSR count). The summed E-state index contributed by atoms with van der Waals surface area (Å²) in [6, 6.07) is 0. The van der Waals surface area contributed by atoms with E-state index in [1.54, 1.807) is 0 Å². The average molecular weight is 346 g/mol. The van der Waals surface area contributed by atoms with E-state index in [1.165, 1.54) is 14.2 Å². The fraction of sp³-hybridized carbons (Fsp3) is 0.846. The van der Waals surface area contributed by atoms with E-state index in [0.29, 0.717) is 13.0 Å². The third kappa shape index (κ3) is 6.79. The van der Waals surface area contributed by atoms with Crippen LogP contribution in [0.3, 0.4) is 0 Å². The maximum absolute atomic E-state index is 12.9. The van der Waals surface area contributed by atoms with Gasteiger partial charge >= 0.3 is 13.8 Å². The fourth-order valence-electron chi connectivity index (χ4n) is 1.94. The van der Waals surface area contributed by atoms with Crippen molar-refractivity contribution in [3.8, 4) is 0 Å². The zero-order chi connectivity index (χ0) is 16.6. The van der Waals surface area contributed by atoms with Crippen molar-refractivity contribution in [3.63, 3.8) is 0 Å². The van der Waals surface area contributed by atoms with Crippen molar-refractivity contribution in [1.29, 1.82) is 0 Å². The summed E-state index contributed by atoms with van der Waals surface area (Å²) >= 11 is 0. The van der Waals surface area contributed by atoms with Crippen LogP contribution in [-0.4, -0.2) is 46.1 Å².